The first-order valence-corrected chi connectivity index (χ1v) is 14.3. The quantitative estimate of drug-likeness (QED) is 0.410. The third kappa shape index (κ3) is 4.42. The molecular formula is C31H54O2. The highest BCUT2D eigenvalue weighted by atomic mass is 16.3. The molecule has 4 aliphatic rings. The Labute approximate surface area is 205 Å². The zero-order valence-electron chi connectivity index (χ0n) is 23.0. The molecule has 33 heavy (non-hydrogen) atoms. The van der Waals surface area contributed by atoms with Crippen LogP contribution in [-0.4, -0.2) is 21.9 Å². The highest BCUT2D eigenvalue weighted by Crippen LogP contribution is 2.68. The highest BCUT2D eigenvalue weighted by Gasteiger charge is 2.65. The van der Waals surface area contributed by atoms with Crippen LogP contribution in [0.4, 0.5) is 0 Å². The summed E-state index contributed by atoms with van der Waals surface area (Å²) in [6.45, 7) is 18.3. The molecule has 3 fully saturated rings. The molecule has 0 heterocycles. The van der Waals surface area contributed by atoms with Crippen LogP contribution in [0, 0.1) is 46.3 Å². The summed E-state index contributed by atoms with van der Waals surface area (Å²) in [7, 11) is 0. The van der Waals surface area contributed by atoms with Crippen LogP contribution in [0.25, 0.3) is 0 Å². The fourth-order valence-corrected chi connectivity index (χ4v) is 8.76. The Kier molecular flexibility index (Phi) is 8.32. The van der Waals surface area contributed by atoms with Crippen molar-refractivity contribution in [2.45, 2.75) is 125 Å². The highest BCUT2D eigenvalue weighted by molar-refractivity contribution is 5.30. The zero-order valence-corrected chi connectivity index (χ0v) is 23.0. The molecule has 0 aromatic carbocycles. The second kappa shape index (κ2) is 10.2. The lowest BCUT2D eigenvalue weighted by molar-refractivity contribution is -0.189. The first-order chi connectivity index (χ1) is 15.6. The molecule has 0 aromatic heterocycles. The summed E-state index contributed by atoms with van der Waals surface area (Å²) in [5, 5.41) is 22.5. The van der Waals surface area contributed by atoms with Gasteiger partial charge in [-0.05, 0) is 98.7 Å². The van der Waals surface area contributed by atoms with E-state index in [4.69, 9.17) is 0 Å². The molecule has 0 amide bonds. The molecule has 4 aliphatic carbocycles. The minimum absolute atomic E-state index is 0.133. The topological polar surface area (TPSA) is 40.5 Å². The third-order valence-electron chi connectivity index (χ3n) is 11.0. The van der Waals surface area contributed by atoms with Gasteiger partial charge in [0.05, 0.1) is 11.7 Å². The van der Waals surface area contributed by atoms with Gasteiger partial charge in [0.2, 0.25) is 0 Å². The van der Waals surface area contributed by atoms with E-state index in [0.717, 1.165) is 44.4 Å². The maximum atomic E-state index is 12.3. The molecule has 2 nitrogen and oxygen atoms in total. The second-order valence-corrected chi connectivity index (χ2v) is 12.6. The minimum atomic E-state index is -0.583. The fourth-order valence-electron chi connectivity index (χ4n) is 8.76. The minimum Gasteiger partial charge on any atom is -0.393 e. The Morgan fingerprint density at radius 3 is 2.33 bits per heavy atom. The maximum Gasteiger partial charge on any atom is 0.0772 e. The monoisotopic (exact) mass is 458 g/mol. The van der Waals surface area contributed by atoms with Gasteiger partial charge in [0.15, 0.2) is 0 Å². The van der Waals surface area contributed by atoms with E-state index in [1.807, 2.05) is 13.8 Å². The average Bonchev–Trinajstić information content (AvgIpc) is 3.14. The normalized spacial score (nSPS) is 44.3. The Hall–Kier alpha value is -0.600. The molecule has 0 spiro atoms. The van der Waals surface area contributed by atoms with E-state index in [-0.39, 0.29) is 11.5 Å². The number of fused-ring (bicyclic) bond motifs is 5. The fraction of sp³-hybridized carbons (Fsp3) is 0.871. The van der Waals surface area contributed by atoms with Gasteiger partial charge in [-0.2, -0.15) is 0 Å². The molecule has 9 unspecified atom stereocenters. The lowest BCUT2D eigenvalue weighted by atomic mass is 9.44. The third-order valence-corrected chi connectivity index (χ3v) is 11.0. The van der Waals surface area contributed by atoms with Gasteiger partial charge < -0.3 is 10.2 Å². The van der Waals surface area contributed by atoms with Crippen LogP contribution >= 0.6 is 0 Å². The van der Waals surface area contributed by atoms with Crippen molar-refractivity contribution in [3.63, 3.8) is 0 Å². The molecule has 0 aliphatic heterocycles. The van der Waals surface area contributed by atoms with Crippen molar-refractivity contribution in [2.24, 2.45) is 46.3 Å². The van der Waals surface area contributed by atoms with E-state index in [2.05, 4.69) is 59.8 Å². The summed E-state index contributed by atoms with van der Waals surface area (Å²) < 4.78 is 0. The first kappa shape index (κ1) is 27.0. The van der Waals surface area contributed by atoms with Crippen molar-refractivity contribution in [1.29, 1.82) is 0 Å². The van der Waals surface area contributed by atoms with Gasteiger partial charge in [-0.1, -0.05) is 79.2 Å². The number of hydrogen-bond donors (Lipinski definition) is 2. The van der Waals surface area contributed by atoms with Gasteiger partial charge in [0.25, 0.3) is 0 Å². The van der Waals surface area contributed by atoms with Gasteiger partial charge in [0, 0.05) is 5.41 Å². The number of hydrogen-bond acceptors (Lipinski definition) is 2. The van der Waals surface area contributed by atoms with E-state index >= 15 is 0 Å². The van der Waals surface area contributed by atoms with Crippen molar-refractivity contribution in [3.8, 4) is 0 Å². The summed E-state index contributed by atoms with van der Waals surface area (Å²) in [5.74, 6) is 3.75. The van der Waals surface area contributed by atoms with Gasteiger partial charge in [-0.3, -0.25) is 0 Å². The standard InChI is InChI=1S/C29H48O2.C2H6/c1-7-21(19(2)3)9-8-20(4)24-12-13-25-26-11-10-22-18-23(30)14-15-28(22,6)29(26,31)17-16-27(24,25)5;1-2/h8-10,19-21,23-26,30-31H,7,11-18H2,1-6H3;1-2H3/b9-8+;. The van der Waals surface area contributed by atoms with E-state index in [1.165, 1.54) is 24.8 Å². The maximum absolute atomic E-state index is 12.3. The predicted octanol–water partition coefficient (Wildman–Crippen LogP) is 7.94. The van der Waals surface area contributed by atoms with E-state index < -0.39 is 5.60 Å². The van der Waals surface area contributed by atoms with Crippen LogP contribution in [0.5, 0.6) is 0 Å². The smallest absolute Gasteiger partial charge is 0.0772 e. The molecular weight excluding hydrogens is 404 g/mol. The van der Waals surface area contributed by atoms with Crippen LogP contribution < -0.4 is 0 Å². The summed E-state index contributed by atoms with van der Waals surface area (Å²) in [4.78, 5) is 0. The van der Waals surface area contributed by atoms with Gasteiger partial charge in [-0.15, -0.1) is 0 Å². The van der Waals surface area contributed by atoms with Crippen molar-refractivity contribution >= 4 is 0 Å². The summed E-state index contributed by atoms with van der Waals surface area (Å²) in [5.41, 5.74) is 0.973. The Balaban J connectivity index is 0.00000149. The van der Waals surface area contributed by atoms with Crippen LogP contribution in [0.2, 0.25) is 0 Å². The Morgan fingerprint density at radius 2 is 1.70 bits per heavy atom. The van der Waals surface area contributed by atoms with Crippen molar-refractivity contribution in [3.05, 3.63) is 23.8 Å². The van der Waals surface area contributed by atoms with Crippen LogP contribution in [0.3, 0.4) is 0 Å². The average molecular weight is 459 g/mol. The van der Waals surface area contributed by atoms with E-state index in [0.29, 0.717) is 35.0 Å². The van der Waals surface area contributed by atoms with Crippen LogP contribution in [-0.2, 0) is 0 Å². The predicted molar refractivity (Wildman–Crippen MR) is 141 cm³/mol. The molecule has 2 N–H and O–H groups in total. The number of aliphatic hydroxyl groups is 2. The number of rotatable bonds is 5. The SMILES string of the molecule is CC.CCC(/C=C/C(C)C1CCC2C3CC=C4CC(O)CCC4(C)C3(O)CCC12C)C(C)C. The summed E-state index contributed by atoms with van der Waals surface area (Å²) in [6.07, 6.45) is 16.7. The van der Waals surface area contributed by atoms with Gasteiger partial charge in [-0.25, -0.2) is 0 Å². The van der Waals surface area contributed by atoms with Gasteiger partial charge >= 0.3 is 0 Å². The number of allylic oxidation sites excluding steroid dienone is 3. The Bertz CT molecular complexity index is 722. The largest absolute Gasteiger partial charge is 0.393 e. The van der Waals surface area contributed by atoms with Crippen molar-refractivity contribution in [1.82, 2.24) is 0 Å². The lowest BCUT2D eigenvalue weighted by Gasteiger charge is -2.63. The van der Waals surface area contributed by atoms with E-state index in [9.17, 15) is 10.2 Å². The molecule has 9 atom stereocenters. The molecule has 0 radical (unpaired) electrons. The second-order valence-electron chi connectivity index (χ2n) is 12.6. The molecule has 0 bridgehead atoms. The van der Waals surface area contributed by atoms with Crippen molar-refractivity contribution < 1.29 is 10.2 Å². The summed E-state index contributed by atoms with van der Waals surface area (Å²) >= 11 is 0. The van der Waals surface area contributed by atoms with Crippen LogP contribution in [0.1, 0.15) is 113 Å². The summed E-state index contributed by atoms with van der Waals surface area (Å²) in [6, 6.07) is 0. The molecule has 3 saturated carbocycles. The first-order valence-electron chi connectivity index (χ1n) is 14.3. The van der Waals surface area contributed by atoms with Gasteiger partial charge in [0.1, 0.15) is 0 Å². The van der Waals surface area contributed by atoms with E-state index in [1.54, 1.807) is 0 Å². The molecule has 2 heteroatoms. The lowest BCUT2D eigenvalue weighted by Crippen LogP contribution is -2.63. The number of aliphatic hydroxyl groups excluding tert-OH is 1. The molecule has 190 valence electrons. The van der Waals surface area contributed by atoms with Crippen molar-refractivity contribution in [2.75, 3.05) is 0 Å². The molecule has 4 rings (SSSR count). The van der Waals surface area contributed by atoms with Crippen LogP contribution in [0.15, 0.2) is 23.8 Å². The molecule has 0 saturated heterocycles. The Morgan fingerprint density at radius 1 is 1.00 bits per heavy atom. The molecule has 0 aromatic rings. The zero-order chi connectivity index (χ0) is 24.6.